The van der Waals surface area contributed by atoms with Crippen molar-refractivity contribution in [3.8, 4) is 5.75 Å². The predicted octanol–water partition coefficient (Wildman–Crippen LogP) is 5.66. The Morgan fingerprint density at radius 3 is 2.33 bits per heavy atom. The molecule has 0 aliphatic carbocycles. The first-order valence-corrected chi connectivity index (χ1v) is 13.1. The van der Waals surface area contributed by atoms with Crippen molar-refractivity contribution in [3.63, 3.8) is 0 Å². The lowest BCUT2D eigenvalue weighted by atomic mass is 9.95. The number of nitrogens with zero attached hydrogens (tertiary/aromatic N) is 3. The van der Waals surface area contributed by atoms with E-state index in [9.17, 15) is 14.7 Å². The molecule has 1 atom stereocenters. The molecule has 7 heteroatoms. The number of carbonyl (C=O) groups excluding carboxylic acids is 2. The number of aromatic nitrogens is 1. The number of likely N-dealkylation sites (tertiary alicyclic amines) is 1. The minimum atomic E-state index is -0.756. The van der Waals surface area contributed by atoms with Gasteiger partial charge in [-0.2, -0.15) is 0 Å². The van der Waals surface area contributed by atoms with Crippen LogP contribution in [0.25, 0.3) is 5.76 Å². The van der Waals surface area contributed by atoms with Gasteiger partial charge in [0.05, 0.1) is 11.6 Å². The van der Waals surface area contributed by atoms with E-state index in [-0.39, 0.29) is 17.9 Å². The number of rotatable bonds is 8. The maximum absolute atomic E-state index is 13.4. The summed E-state index contributed by atoms with van der Waals surface area (Å²) in [6, 6.07) is 25.4. The van der Waals surface area contributed by atoms with E-state index in [1.807, 2.05) is 80.5 Å². The lowest BCUT2D eigenvalue weighted by Gasteiger charge is -2.26. The van der Waals surface area contributed by atoms with Crippen LogP contribution in [-0.2, 0) is 22.7 Å². The molecule has 1 aromatic heterocycles. The van der Waals surface area contributed by atoms with Gasteiger partial charge < -0.3 is 19.6 Å². The molecule has 40 heavy (non-hydrogen) atoms. The zero-order valence-corrected chi connectivity index (χ0v) is 22.7. The first kappa shape index (κ1) is 26.7. The second kappa shape index (κ2) is 11.5. The fraction of sp³-hybridized carbons (Fsp3) is 0.182. The SMILES string of the molecule is Cc1ccccc1COc1ccc(C(O)=C2C(=O)C(=O)N(Cc3cccnc3)[C@@H]2c2ccc(N(C)C)cc2)cc1. The molecule has 0 radical (unpaired) electrons. The van der Waals surface area contributed by atoms with Crippen LogP contribution in [0.5, 0.6) is 5.75 Å². The van der Waals surface area contributed by atoms with Gasteiger partial charge in [0, 0.05) is 44.3 Å². The second-order valence-corrected chi connectivity index (χ2v) is 10.0. The van der Waals surface area contributed by atoms with Gasteiger partial charge in [-0.1, -0.05) is 42.5 Å². The summed E-state index contributed by atoms with van der Waals surface area (Å²) < 4.78 is 5.94. The summed E-state index contributed by atoms with van der Waals surface area (Å²) in [5.74, 6) is -0.972. The number of aliphatic hydroxyl groups is 1. The minimum absolute atomic E-state index is 0.0556. The van der Waals surface area contributed by atoms with Crippen molar-refractivity contribution in [1.29, 1.82) is 0 Å². The number of amides is 1. The Morgan fingerprint density at radius 2 is 1.68 bits per heavy atom. The summed E-state index contributed by atoms with van der Waals surface area (Å²) >= 11 is 0. The molecule has 4 aromatic rings. The standard InChI is InChI=1S/C33H31N3O4/c1-22-7-4-5-9-26(22)21-40-28-16-12-25(13-17-28)31(37)29-30(24-10-14-27(15-11-24)35(2)3)36(33(39)32(29)38)20-23-8-6-18-34-19-23/h4-19,30,37H,20-21H2,1-3H3/t30-/m1/s1. The zero-order valence-electron chi connectivity index (χ0n) is 22.7. The van der Waals surface area contributed by atoms with Crippen LogP contribution in [-0.4, -0.2) is 40.8 Å². The number of benzene rings is 3. The van der Waals surface area contributed by atoms with Gasteiger partial charge in [-0.25, -0.2) is 0 Å². The largest absolute Gasteiger partial charge is 0.507 e. The summed E-state index contributed by atoms with van der Waals surface area (Å²) in [4.78, 5) is 34.3. The molecule has 1 fully saturated rings. The van der Waals surface area contributed by atoms with Gasteiger partial charge in [0.25, 0.3) is 11.7 Å². The average molecular weight is 534 g/mol. The normalized spacial score (nSPS) is 16.3. The molecule has 0 spiro atoms. The van der Waals surface area contributed by atoms with Gasteiger partial charge in [0.2, 0.25) is 0 Å². The highest BCUT2D eigenvalue weighted by molar-refractivity contribution is 6.46. The Balaban J connectivity index is 1.48. The minimum Gasteiger partial charge on any atom is -0.507 e. The quantitative estimate of drug-likeness (QED) is 0.179. The van der Waals surface area contributed by atoms with E-state index < -0.39 is 17.7 Å². The highest BCUT2D eigenvalue weighted by Gasteiger charge is 2.46. The molecule has 1 amide bonds. The smallest absolute Gasteiger partial charge is 0.295 e. The van der Waals surface area contributed by atoms with Crippen molar-refractivity contribution in [3.05, 3.63) is 131 Å². The van der Waals surface area contributed by atoms with Crippen LogP contribution in [0.1, 0.15) is 33.9 Å². The molecule has 2 heterocycles. The number of aliphatic hydroxyl groups excluding tert-OH is 1. The Hall–Kier alpha value is -4.91. The number of ketones is 1. The van der Waals surface area contributed by atoms with Crippen molar-refractivity contribution < 1.29 is 19.4 Å². The van der Waals surface area contributed by atoms with E-state index in [4.69, 9.17) is 4.74 Å². The summed E-state index contributed by atoms with van der Waals surface area (Å²) in [7, 11) is 3.88. The molecule has 5 rings (SSSR count). The lowest BCUT2D eigenvalue weighted by molar-refractivity contribution is -0.140. The molecule has 1 saturated heterocycles. The Kier molecular flexibility index (Phi) is 7.64. The number of hydrogen-bond acceptors (Lipinski definition) is 6. The summed E-state index contributed by atoms with van der Waals surface area (Å²) in [5, 5.41) is 11.4. The van der Waals surface area contributed by atoms with Crippen LogP contribution in [0.3, 0.4) is 0 Å². The topological polar surface area (TPSA) is 83.0 Å². The summed E-state index contributed by atoms with van der Waals surface area (Å²) in [6.07, 6.45) is 3.32. The van der Waals surface area contributed by atoms with E-state index in [2.05, 4.69) is 4.98 Å². The molecular weight excluding hydrogens is 502 g/mol. The molecule has 7 nitrogen and oxygen atoms in total. The van der Waals surface area contributed by atoms with Gasteiger partial charge in [0.1, 0.15) is 18.1 Å². The third kappa shape index (κ3) is 5.45. The van der Waals surface area contributed by atoms with E-state index in [0.717, 1.165) is 27.9 Å². The van der Waals surface area contributed by atoms with Crippen molar-refractivity contribution >= 4 is 23.1 Å². The van der Waals surface area contributed by atoms with Crippen LogP contribution in [0.2, 0.25) is 0 Å². The molecule has 3 aromatic carbocycles. The van der Waals surface area contributed by atoms with Crippen LogP contribution in [0, 0.1) is 6.92 Å². The zero-order chi connectivity index (χ0) is 28.2. The van der Waals surface area contributed by atoms with Crippen LogP contribution in [0.4, 0.5) is 5.69 Å². The number of Topliss-reactive ketones (excluding diaryl/α,β-unsaturated/α-hetero) is 1. The average Bonchev–Trinajstić information content (AvgIpc) is 3.22. The molecule has 202 valence electrons. The van der Waals surface area contributed by atoms with Crippen LogP contribution >= 0.6 is 0 Å². The van der Waals surface area contributed by atoms with E-state index in [1.165, 1.54) is 4.90 Å². The predicted molar refractivity (Wildman–Crippen MR) is 155 cm³/mol. The number of pyridine rings is 1. The summed E-state index contributed by atoms with van der Waals surface area (Å²) in [6.45, 7) is 2.63. The van der Waals surface area contributed by atoms with Crippen LogP contribution < -0.4 is 9.64 Å². The number of ether oxygens (including phenoxy) is 1. The van der Waals surface area contributed by atoms with Gasteiger partial charge in [0.15, 0.2) is 0 Å². The fourth-order valence-electron chi connectivity index (χ4n) is 4.83. The maximum Gasteiger partial charge on any atom is 0.295 e. The molecule has 1 aliphatic heterocycles. The number of anilines is 1. The van der Waals surface area contributed by atoms with E-state index in [0.29, 0.717) is 17.9 Å². The molecule has 0 saturated carbocycles. The van der Waals surface area contributed by atoms with Gasteiger partial charge in [-0.05, 0) is 71.6 Å². The third-order valence-electron chi connectivity index (χ3n) is 7.12. The Morgan fingerprint density at radius 1 is 0.950 bits per heavy atom. The molecule has 0 unspecified atom stereocenters. The highest BCUT2D eigenvalue weighted by Crippen LogP contribution is 2.40. The molecule has 1 aliphatic rings. The van der Waals surface area contributed by atoms with Crippen molar-refractivity contribution in [2.24, 2.45) is 0 Å². The van der Waals surface area contributed by atoms with Crippen molar-refractivity contribution in [2.45, 2.75) is 26.1 Å². The van der Waals surface area contributed by atoms with Gasteiger partial charge in [-0.15, -0.1) is 0 Å². The first-order valence-electron chi connectivity index (χ1n) is 13.1. The number of hydrogen-bond donors (Lipinski definition) is 1. The van der Waals surface area contributed by atoms with Crippen molar-refractivity contribution in [1.82, 2.24) is 9.88 Å². The molecular formula is C33H31N3O4. The monoisotopic (exact) mass is 533 g/mol. The Bertz CT molecular complexity index is 1550. The van der Waals surface area contributed by atoms with Crippen molar-refractivity contribution in [2.75, 3.05) is 19.0 Å². The van der Waals surface area contributed by atoms with E-state index >= 15 is 0 Å². The number of carbonyl (C=O) groups is 2. The van der Waals surface area contributed by atoms with Gasteiger partial charge in [-0.3, -0.25) is 14.6 Å². The van der Waals surface area contributed by atoms with Gasteiger partial charge >= 0.3 is 0 Å². The lowest BCUT2D eigenvalue weighted by Crippen LogP contribution is -2.29. The number of aryl methyl sites for hydroxylation is 1. The first-order chi connectivity index (χ1) is 19.3. The Labute approximate surface area is 234 Å². The maximum atomic E-state index is 13.4. The molecule has 1 N–H and O–H groups in total. The summed E-state index contributed by atoms with van der Waals surface area (Å²) in [5.41, 5.74) is 5.21. The fourth-order valence-corrected chi connectivity index (χ4v) is 4.83. The highest BCUT2D eigenvalue weighted by atomic mass is 16.5. The second-order valence-electron chi connectivity index (χ2n) is 10.0. The molecule has 0 bridgehead atoms. The van der Waals surface area contributed by atoms with E-state index in [1.54, 1.807) is 42.7 Å². The van der Waals surface area contributed by atoms with Crippen LogP contribution in [0.15, 0.2) is 103 Å². The third-order valence-corrected chi connectivity index (χ3v) is 7.12.